The Balaban J connectivity index is 1.44. The summed E-state index contributed by atoms with van der Waals surface area (Å²) < 4.78 is 0. The Hall–Kier alpha value is 0.310. The molecule has 70 valence electrons. The van der Waals surface area contributed by atoms with Crippen molar-refractivity contribution in [2.45, 2.75) is 25.7 Å². The van der Waals surface area contributed by atoms with Crippen LogP contribution in [0.1, 0.15) is 25.7 Å². The van der Waals surface area contributed by atoms with E-state index in [-0.39, 0.29) is 0 Å². The summed E-state index contributed by atoms with van der Waals surface area (Å²) in [5.74, 6) is 4.87. The van der Waals surface area contributed by atoms with E-state index in [1.165, 1.54) is 50.3 Å². The van der Waals surface area contributed by atoms with Crippen LogP contribution in [0.4, 0.5) is 0 Å². The third kappa shape index (κ3) is 2.98. The van der Waals surface area contributed by atoms with Gasteiger partial charge in [0, 0.05) is 0 Å². The van der Waals surface area contributed by atoms with Crippen molar-refractivity contribution < 1.29 is 0 Å². The molecule has 2 rings (SSSR count). The van der Waals surface area contributed by atoms with Crippen molar-refractivity contribution >= 4 is 11.8 Å². The van der Waals surface area contributed by atoms with Gasteiger partial charge in [0.2, 0.25) is 0 Å². The van der Waals surface area contributed by atoms with Gasteiger partial charge in [0.05, 0.1) is 0 Å². The molecular weight excluding hydrogens is 166 g/mol. The van der Waals surface area contributed by atoms with E-state index in [9.17, 15) is 0 Å². The van der Waals surface area contributed by atoms with Gasteiger partial charge < -0.3 is 5.32 Å². The van der Waals surface area contributed by atoms with Crippen molar-refractivity contribution in [2.24, 2.45) is 11.8 Å². The van der Waals surface area contributed by atoms with Crippen LogP contribution < -0.4 is 5.32 Å². The fourth-order valence-corrected chi connectivity index (χ4v) is 3.05. The maximum absolute atomic E-state index is 3.59. The summed E-state index contributed by atoms with van der Waals surface area (Å²) in [6.07, 6.45) is 5.88. The Bertz CT molecular complexity index is 128. The molecule has 1 unspecified atom stereocenters. The van der Waals surface area contributed by atoms with E-state index in [0.29, 0.717) is 0 Å². The zero-order valence-corrected chi connectivity index (χ0v) is 8.54. The van der Waals surface area contributed by atoms with Gasteiger partial charge in [-0.3, -0.25) is 0 Å². The smallest absolute Gasteiger partial charge is 0.00123 e. The number of hydrogen-bond acceptors (Lipinski definition) is 2. The first-order valence-electron chi connectivity index (χ1n) is 5.23. The molecule has 0 amide bonds. The quantitative estimate of drug-likeness (QED) is 0.659. The molecule has 1 N–H and O–H groups in total. The second-order valence-corrected chi connectivity index (χ2v) is 5.32. The molecule has 0 radical (unpaired) electrons. The molecule has 2 aliphatic rings. The van der Waals surface area contributed by atoms with Crippen molar-refractivity contribution in [1.82, 2.24) is 5.32 Å². The lowest BCUT2D eigenvalue weighted by Crippen LogP contribution is -2.23. The second kappa shape index (κ2) is 4.52. The minimum absolute atomic E-state index is 0.981. The van der Waals surface area contributed by atoms with Crippen molar-refractivity contribution in [3.05, 3.63) is 0 Å². The molecule has 1 atom stereocenters. The lowest BCUT2D eigenvalue weighted by Gasteiger charge is -2.08. The number of nitrogens with one attached hydrogen (secondary N) is 1. The van der Waals surface area contributed by atoms with E-state index >= 15 is 0 Å². The molecule has 0 aromatic heterocycles. The van der Waals surface area contributed by atoms with Crippen LogP contribution in [-0.4, -0.2) is 24.6 Å². The van der Waals surface area contributed by atoms with Crippen LogP contribution in [-0.2, 0) is 0 Å². The molecule has 1 aliphatic carbocycles. The summed E-state index contributed by atoms with van der Waals surface area (Å²) in [6.45, 7) is 2.55. The van der Waals surface area contributed by atoms with Crippen LogP contribution in [0.15, 0.2) is 0 Å². The van der Waals surface area contributed by atoms with Gasteiger partial charge in [-0.2, -0.15) is 11.8 Å². The predicted octanol–water partition coefficient (Wildman–Crippen LogP) is 2.13. The molecule has 1 heterocycles. The van der Waals surface area contributed by atoms with Gasteiger partial charge in [-0.1, -0.05) is 12.8 Å². The molecule has 0 aromatic rings. The van der Waals surface area contributed by atoms with Gasteiger partial charge in [-0.15, -0.1) is 0 Å². The van der Waals surface area contributed by atoms with Gasteiger partial charge >= 0.3 is 0 Å². The molecule has 0 aromatic carbocycles. The van der Waals surface area contributed by atoms with Crippen molar-refractivity contribution in [3.8, 4) is 0 Å². The highest BCUT2D eigenvalue weighted by molar-refractivity contribution is 7.99. The largest absolute Gasteiger partial charge is 0.316 e. The Kier molecular flexibility index (Phi) is 3.35. The van der Waals surface area contributed by atoms with E-state index in [4.69, 9.17) is 0 Å². The highest BCUT2D eigenvalue weighted by atomic mass is 32.2. The van der Waals surface area contributed by atoms with Gasteiger partial charge in [0.15, 0.2) is 0 Å². The molecule has 0 spiro atoms. The molecule has 1 aliphatic heterocycles. The molecule has 0 bridgehead atoms. The minimum atomic E-state index is 0.981. The molecule has 12 heavy (non-hydrogen) atoms. The van der Waals surface area contributed by atoms with Crippen LogP contribution in [0.3, 0.4) is 0 Å². The average molecular weight is 185 g/mol. The minimum Gasteiger partial charge on any atom is -0.316 e. The topological polar surface area (TPSA) is 12.0 Å². The fourth-order valence-electron chi connectivity index (χ4n) is 1.76. The zero-order chi connectivity index (χ0) is 8.23. The first-order valence-corrected chi connectivity index (χ1v) is 6.39. The summed E-state index contributed by atoms with van der Waals surface area (Å²) in [7, 11) is 0. The van der Waals surface area contributed by atoms with E-state index in [2.05, 4.69) is 17.1 Å². The second-order valence-electron chi connectivity index (χ2n) is 4.17. The summed E-state index contributed by atoms with van der Waals surface area (Å²) in [5, 5.41) is 3.59. The molecule has 2 heteroatoms. The maximum atomic E-state index is 3.59. The molecular formula is C10H19NS. The van der Waals surface area contributed by atoms with E-state index in [0.717, 1.165) is 11.8 Å². The first kappa shape index (κ1) is 8.89. The monoisotopic (exact) mass is 185 g/mol. The van der Waals surface area contributed by atoms with Crippen LogP contribution in [0, 0.1) is 11.8 Å². The highest BCUT2D eigenvalue weighted by Gasteiger charge is 2.20. The van der Waals surface area contributed by atoms with Crippen LogP contribution >= 0.6 is 11.8 Å². The van der Waals surface area contributed by atoms with Crippen LogP contribution in [0.5, 0.6) is 0 Å². The summed E-state index contributed by atoms with van der Waals surface area (Å²) in [5.41, 5.74) is 0. The summed E-state index contributed by atoms with van der Waals surface area (Å²) in [4.78, 5) is 0. The van der Waals surface area contributed by atoms with Crippen molar-refractivity contribution in [1.29, 1.82) is 0 Å². The standard InChI is InChI=1S/C10H19NS/c1-2-9(1)3-5-11-7-10-4-6-12-8-10/h9-11H,1-8H2. The number of rotatable bonds is 5. The number of thioether (sulfide) groups is 1. The maximum Gasteiger partial charge on any atom is -0.00123 e. The van der Waals surface area contributed by atoms with Crippen LogP contribution in [0.2, 0.25) is 0 Å². The number of hydrogen-bond donors (Lipinski definition) is 1. The van der Waals surface area contributed by atoms with Crippen LogP contribution in [0.25, 0.3) is 0 Å². The normalized spacial score (nSPS) is 29.5. The van der Waals surface area contributed by atoms with E-state index < -0.39 is 0 Å². The molecule has 1 nitrogen and oxygen atoms in total. The van der Waals surface area contributed by atoms with Gasteiger partial charge in [-0.05, 0) is 49.3 Å². The van der Waals surface area contributed by atoms with Gasteiger partial charge in [-0.25, -0.2) is 0 Å². The molecule has 1 saturated heterocycles. The lowest BCUT2D eigenvalue weighted by molar-refractivity contribution is 0.508. The predicted molar refractivity (Wildman–Crippen MR) is 55.6 cm³/mol. The average Bonchev–Trinajstić information content (AvgIpc) is 2.76. The summed E-state index contributed by atoms with van der Waals surface area (Å²) in [6, 6.07) is 0. The SMILES string of the molecule is C(CC1CC1)NCC1CCSC1. The Morgan fingerprint density at radius 1 is 1.17 bits per heavy atom. The highest BCUT2D eigenvalue weighted by Crippen LogP contribution is 2.31. The van der Waals surface area contributed by atoms with Gasteiger partial charge in [0.25, 0.3) is 0 Å². The van der Waals surface area contributed by atoms with E-state index in [1.54, 1.807) is 0 Å². The Labute approximate surface area is 79.7 Å². The third-order valence-electron chi connectivity index (χ3n) is 2.88. The molecule has 1 saturated carbocycles. The molecule has 2 fully saturated rings. The van der Waals surface area contributed by atoms with Gasteiger partial charge in [0.1, 0.15) is 0 Å². The first-order chi connectivity index (χ1) is 5.95. The lowest BCUT2D eigenvalue weighted by atomic mass is 10.1. The van der Waals surface area contributed by atoms with Crippen molar-refractivity contribution in [2.75, 3.05) is 24.6 Å². The third-order valence-corrected chi connectivity index (χ3v) is 4.11. The van der Waals surface area contributed by atoms with E-state index in [1.807, 2.05) is 0 Å². The van der Waals surface area contributed by atoms with Crippen molar-refractivity contribution in [3.63, 3.8) is 0 Å². The summed E-state index contributed by atoms with van der Waals surface area (Å²) >= 11 is 2.12. The zero-order valence-electron chi connectivity index (χ0n) is 7.72. The fraction of sp³-hybridized carbons (Fsp3) is 1.00. The Morgan fingerprint density at radius 3 is 2.75 bits per heavy atom. The Morgan fingerprint density at radius 2 is 2.08 bits per heavy atom.